The Labute approximate surface area is 118 Å². The summed E-state index contributed by atoms with van der Waals surface area (Å²) in [6.07, 6.45) is 1.61. The molecule has 3 aromatic rings. The van der Waals surface area contributed by atoms with Gasteiger partial charge in [-0.05, 0) is 6.07 Å². The second kappa shape index (κ2) is 4.43. The quantitative estimate of drug-likeness (QED) is 0.625. The minimum Gasteiger partial charge on any atom is -0.216 e. The first-order valence-corrected chi connectivity index (χ1v) is 6.25. The van der Waals surface area contributed by atoms with Gasteiger partial charge in [0.1, 0.15) is 10.3 Å². The Morgan fingerprint density at radius 2 is 1.78 bits per heavy atom. The summed E-state index contributed by atoms with van der Waals surface area (Å²) in [4.78, 5) is 4.24. The van der Waals surface area contributed by atoms with Crippen LogP contribution in [0.4, 0.5) is 0 Å². The second-order valence-electron chi connectivity index (χ2n) is 3.65. The molecular weight excluding hydrogens is 293 g/mol. The van der Waals surface area contributed by atoms with E-state index in [1.807, 2.05) is 18.2 Å². The lowest BCUT2D eigenvalue weighted by atomic mass is 10.1. The third-order valence-electron chi connectivity index (χ3n) is 2.58. The van der Waals surface area contributed by atoms with E-state index in [1.54, 1.807) is 18.3 Å². The highest BCUT2D eigenvalue weighted by molar-refractivity contribution is 6.40. The fourth-order valence-corrected chi connectivity index (χ4v) is 2.64. The fraction of sp³-hybridized carbons (Fsp3) is 0. The van der Waals surface area contributed by atoms with Gasteiger partial charge in [-0.1, -0.05) is 53.0 Å². The van der Waals surface area contributed by atoms with E-state index in [0.717, 1.165) is 5.56 Å². The number of rotatable bonds is 1. The fourth-order valence-electron chi connectivity index (χ4n) is 1.77. The maximum Gasteiger partial charge on any atom is 0.158 e. The topological polar surface area (TPSA) is 30.2 Å². The summed E-state index contributed by atoms with van der Waals surface area (Å²) in [7, 11) is 0. The summed E-state index contributed by atoms with van der Waals surface area (Å²) in [5, 5.41) is 5.36. The van der Waals surface area contributed by atoms with Crippen LogP contribution in [-0.4, -0.2) is 14.6 Å². The number of benzene rings is 1. The third kappa shape index (κ3) is 1.75. The van der Waals surface area contributed by atoms with Crippen LogP contribution in [0.1, 0.15) is 0 Å². The Morgan fingerprint density at radius 1 is 1.00 bits per heavy atom. The van der Waals surface area contributed by atoms with Gasteiger partial charge in [0.2, 0.25) is 0 Å². The predicted molar refractivity (Wildman–Crippen MR) is 73.5 cm³/mol. The van der Waals surface area contributed by atoms with E-state index in [9.17, 15) is 0 Å². The molecule has 0 aliphatic heterocycles. The van der Waals surface area contributed by atoms with Crippen molar-refractivity contribution >= 4 is 40.4 Å². The SMILES string of the molecule is Clc1ccccc1-c1c(Cl)nc2ccnn2c1Cl. The van der Waals surface area contributed by atoms with Crippen molar-refractivity contribution in [1.29, 1.82) is 0 Å². The Kier molecular flexibility index (Phi) is 2.90. The van der Waals surface area contributed by atoms with E-state index >= 15 is 0 Å². The molecule has 0 saturated carbocycles. The molecule has 0 aliphatic rings. The van der Waals surface area contributed by atoms with Crippen LogP contribution in [0.15, 0.2) is 36.5 Å². The molecule has 0 fully saturated rings. The highest BCUT2D eigenvalue weighted by atomic mass is 35.5. The first kappa shape index (κ1) is 11.8. The van der Waals surface area contributed by atoms with Crippen molar-refractivity contribution in [2.75, 3.05) is 0 Å². The monoisotopic (exact) mass is 297 g/mol. The van der Waals surface area contributed by atoms with Crippen LogP contribution in [0.2, 0.25) is 15.3 Å². The highest BCUT2D eigenvalue weighted by Gasteiger charge is 2.16. The lowest BCUT2D eigenvalue weighted by Gasteiger charge is -2.09. The first-order valence-electron chi connectivity index (χ1n) is 5.12. The van der Waals surface area contributed by atoms with Gasteiger partial charge in [0.25, 0.3) is 0 Å². The minimum atomic E-state index is 0.307. The molecule has 90 valence electrons. The average Bonchev–Trinajstić information content (AvgIpc) is 2.79. The van der Waals surface area contributed by atoms with Crippen molar-refractivity contribution in [2.24, 2.45) is 0 Å². The summed E-state index contributed by atoms with van der Waals surface area (Å²) in [6, 6.07) is 9.05. The van der Waals surface area contributed by atoms with Gasteiger partial charge >= 0.3 is 0 Å². The summed E-state index contributed by atoms with van der Waals surface area (Å²) in [6.45, 7) is 0. The molecule has 6 heteroatoms. The predicted octanol–water partition coefficient (Wildman–Crippen LogP) is 4.36. The van der Waals surface area contributed by atoms with Crippen molar-refractivity contribution < 1.29 is 0 Å². The van der Waals surface area contributed by atoms with E-state index in [0.29, 0.717) is 26.5 Å². The molecule has 18 heavy (non-hydrogen) atoms. The molecule has 0 amide bonds. The zero-order valence-electron chi connectivity index (χ0n) is 8.94. The van der Waals surface area contributed by atoms with E-state index in [2.05, 4.69) is 10.1 Å². The van der Waals surface area contributed by atoms with Gasteiger partial charge < -0.3 is 0 Å². The zero-order valence-corrected chi connectivity index (χ0v) is 11.2. The van der Waals surface area contributed by atoms with Crippen LogP contribution in [0.5, 0.6) is 0 Å². The molecule has 2 heterocycles. The number of halogens is 3. The largest absolute Gasteiger partial charge is 0.216 e. The second-order valence-corrected chi connectivity index (χ2v) is 4.77. The van der Waals surface area contributed by atoms with E-state index < -0.39 is 0 Å². The Balaban J connectivity index is 2.39. The number of nitrogens with zero attached hydrogens (tertiary/aromatic N) is 3. The minimum absolute atomic E-state index is 0.307. The van der Waals surface area contributed by atoms with E-state index in [4.69, 9.17) is 34.8 Å². The first-order chi connectivity index (χ1) is 8.68. The highest BCUT2D eigenvalue weighted by Crippen LogP contribution is 2.37. The molecule has 0 spiro atoms. The van der Waals surface area contributed by atoms with E-state index in [1.165, 1.54) is 4.52 Å². The molecule has 0 bridgehead atoms. The van der Waals surface area contributed by atoms with Crippen molar-refractivity contribution in [3.63, 3.8) is 0 Å². The van der Waals surface area contributed by atoms with Crippen molar-refractivity contribution in [2.45, 2.75) is 0 Å². The van der Waals surface area contributed by atoms with Gasteiger partial charge in [-0.3, -0.25) is 0 Å². The maximum absolute atomic E-state index is 6.31. The molecule has 0 N–H and O–H groups in total. The van der Waals surface area contributed by atoms with Crippen LogP contribution in [0.25, 0.3) is 16.8 Å². The average molecular weight is 299 g/mol. The van der Waals surface area contributed by atoms with Crippen molar-refractivity contribution in [3.8, 4) is 11.1 Å². The van der Waals surface area contributed by atoms with Gasteiger partial charge in [-0.2, -0.15) is 5.10 Å². The van der Waals surface area contributed by atoms with Crippen molar-refractivity contribution in [1.82, 2.24) is 14.6 Å². The standard InChI is InChI=1S/C12H6Cl3N3/c13-8-4-2-1-3-7(8)10-11(14)17-9-5-6-16-18(9)12(10)15/h1-6H. The number of hydrogen-bond acceptors (Lipinski definition) is 2. The summed E-state index contributed by atoms with van der Waals surface area (Å²) in [5.41, 5.74) is 1.92. The Bertz CT molecular complexity index is 737. The normalized spacial score (nSPS) is 11.1. The molecule has 1 aromatic carbocycles. The van der Waals surface area contributed by atoms with Gasteiger partial charge in [-0.25, -0.2) is 9.50 Å². The maximum atomic E-state index is 6.31. The molecule has 0 unspecified atom stereocenters. The summed E-state index contributed by atoms with van der Waals surface area (Å²) in [5.74, 6) is 0. The van der Waals surface area contributed by atoms with Crippen LogP contribution >= 0.6 is 34.8 Å². The molecular formula is C12H6Cl3N3. The lowest BCUT2D eigenvalue weighted by molar-refractivity contribution is 0.942. The van der Waals surface area contributed by atoms with Crippen LogP contribution in [0.3, 0.4) is 0 Å². The van der Waals surface area contributed by atoms with Gasteiger partial charge in [-0.15, -0.1) is 0 Å². The van der Waals surface area contributed by atoms with Gasteiger partial charge in [0.05, 0.1) is 11.8 Å². The molecule has 3 rings (SSSR count). The van der Waals surface area contributed by atoms with Gasteiger partial charge in [0.15, 0.2) is 5.65 Å². The third-order valence-corrected chi connectivity index (χ3v) is 3.53. The summed E-state index contributed by atoms with van der Waals surface area (Å²) >= 11 is 18.6. The molecule has 0 radical (unpaired) electrons. The summed E-state index contributed by atoms with van der Waals surface area (Å²) < 4.78 is 1.52. The van der Waals surface area contributed by atoms with Crippen molar-refractivity contribution in [3.05, 3.63) is 51.9 Å². The van der Waals surface area contributed by atoms with Crippen LogP contribution in [0, 0.1) is 0 Å². The molecule has 0 aliphatic carbocycles. The molecule has 2 aromatic heterocycles. The van der Waals surface area contributed by atoms with E-state index in [-0.39, 0.29) is 0 Å². The zero-order chi connectivity index (χ0) is 12.7. The molecule has 3 nitrogen and oxygen atoms in total. The lowest BCUT2D eigenvalue weighted by Crippen LogP contribution is -1.97. The van der Waals surface area contributed by atoms with Gasteiger partial charge in [0, 0.05) is 16.7 Å². The van der Waals surface area contributed by atoms with Crippen LogP contribution < -0.4 is 0 Å². The molecule has 0 atom stereocenters. The number of hydrogen-bond donors (Lipinski definition) is 0. The smallest absolute Gasteiger partial charge is 0.158 e. The molecule has 0 saturated heterocycles. The number of aromatic nitrogens is 3. The van der Waals surface area contributed by atoms with Crippen LogP contribution in [-0.2, 0) is 0 Å². The Hall–Kier alpha value is -1.29. The number of fused-ring (bicyclic) bond motifs is 1. The Morgan fingerprint density at radius 3 is 2.56 bits per heavy atom.